The molecule has 0 unspecified atom stereocenters. The van der Waals surface area contributed by atoms with Crippen molar-refractivity contribution in [1.82, 2.24) is 0 Å². The van der Waals surface area contributed by atoms with Gasteiger partial charge in [0.05, 0.1) is 11.1 Å². The third-order valence-electron chi connectivity index (χ3n) is 10.6. The number of ether oxygens (including phenoxy) is 2. The summed E-state index contributed by atoms with van der Waals surface area (Å²) in [7, 11) is 0. The van der Waals surface area contributed by atoms with Gasteiger partial charge in [-0.15, -0.1) is 0 Å². The molecule has 1 aliphatic carbocycles. The number of hydrogen-bond donors (Lipinski definition) is 0. The van der Waals surface area contributed by atoms with Crippen molar-refractivity contribution in [3.05, 3.63) is 227 Å². The fraction of sp³-hybridized carbons (Fsp3) is 0.0417. The standard InChI is InChI=1S/C48H33NO2/c1-32-27-28-34(31-49(36-17-6-3-7-18-36)42-23-11-8-19-37(32)42)35-29-41-46(30-35)51-45-26-14-20-38(33-15-4-2-5-16-33)47(45)48(41)39-21-9-12-24-43(39)50-44-25-13-10-22-40(44)48/h2-28,30-31H,1,29H2/b28-27-,34-31+. The van der Waals surface area contributed by atoms with Crippen LogP contribution in [0.2, 0.25) is 0 Å². The van der Waals surface area contributed by atoms with E-state index in [1.54, 1.807) is 0 Å². The molecule has 6 aromatic rings. The summed E-state index contributed by atoms with van der Waals surface area (Å²) in [6, 6.07) is 53.2. The largest absolute Gasteiger partial charge is 0.457 e. The van der Waals surface area contributed by atoms with E-state index in [4.69, 9.17) is 9.47 Å². The van der Waals surface area contributed by atoms with Crippen LogP contribution in [-0.2, 0) is 5.41 Å². The third-order valence-corrected chi connectivity index (χ3v) is 10.6. The van der Waals surface area contributed by atoms with Gasteiger partial charge in [0.25, 0.3) is 0 Å². The van der Waals surface area contributed by atoms with Crippen molar-refractivity contribution in [2.75, 3.05) is 4.90 Å². The first-order chi connectivity index (χ1) is 25.2. The minimum absolute atomic E-state index is 0.666. The van der Waals surface area contributed by atoms with Crippen molar-refractivity contribution in [1.29, 1.82) is 0 Å². The topological polar surface area (TPSA) is 21.7 Å². The Bertz CT molecular complexity index is 2470. The molecule has 3 aliphatic heterocycles. The van der Waals surface area contributed by atoms with E-state index in [1.807, 2.05) is 0 Å². The lowest BCUT2D eigenvalue weighted by Gasteiger charge is -2.46. The Balaban J connectivity index is 1.21. The Labute approximate surface area is 298 Å². The summed E-state index contributed by atoms with van der Waals surface area (Å²) >= 11 is 0. The lowest BCUT2D eigenvalue weighted by Crippen LogP contribution is -2.38. The highest BCUT2D eigenvalue weighted by molar-refractivity contribution is 5.87. The molecule has 0 fully saturated rings. The highest BCUT2D eigenvalue weighted by Gasteiger charge is 2.53. The molecule has 0 atom stereocenters. The van der Waals surface area contributed by atoms with E-state index >= 15 is 0 Å². The molecule has 0 saturated carbocycles. The van der Waals surface area contributed by atoms with Gasteiger partial charge in [-0.1, -0.05) is 134 Å². The minimum Gasteiger partial charge on any atom is -0.457 e. The van der Waals surface area contributed by atoms with Gasteiger partial charge < -0.3 is 14.4 Å². The number of hydrogen-bond acceptors (Lipinski definition) is 3. The molecule has 0 amide bonds. The molecule has 3 heteroatoms. The van der Waals surface area contributed by atoms with Crippen molar-refractivity contribution in [2.24, 2.45) is 0 Å². The summed E-state index contributed by atoms with van der Waals surface area (Å²) in [6.07, 6.45) is 9.56. The number of allylic oxidation sites excluding steroid dienone is 7. The monoisotopic (exact) mass is 655 g/mol. The summed E-state index contributed by atoms with van der Waals surface area (Å²) in [5.41, 5.74) is 12.7. The summed E-state index contributed by atoms with van der Waals surface area (Å²) in [4.78, 5) is 2.29. The number of rotatable bonds is 3. The highest BCUT2D eigenvalue weighted by Crippen LogP contribution is 2.64. The molecule has 0 bridgehead atoms. The smallest absolute Gasteiger partial charge is 0.132 e. The average Bonchev–Trinajstić information content (AvgIpc) is 3.62. The summed E-state index contributed by atoms with van der Waals surface area (Å²) in [6.45, 7) is 4.49. The first-order valence-electron chi connectivity index (χ1n) is 17.4. The first-order valence-corrected chi connectivity index (χ1v) is 17.4. The van der Waals surface area contributed by atoms with E-state index < -0.39 is 5.41 Å². The summed E-state index contributed by atoms with van der Waals surface area (Å²) in [5, 5.41) is 0. The van der Waals surface area contributed by atoms with Gasteiger partial charge in [-0.05, 0) is 82.3 Å². The minimum atomic E-state index is -0.666. The van der Waals surface area contributed by atoms with Crippen LogP contribution in [0.15, 0.2) is 205 Å². The fourth-order valence-electron chi connectivity index (χ4n) is 8.37. The second-order valence-corrected chi connectivity index (χ2v) is 13.3. The van der Waals surface area contributed by atoms with E-state index in [9.17, 15) is 0 Å². The molecule has 1 spiro atoms. The number of fused-ring (bicyclic) bond motifs is 8. The van der Waals surface area contributed by atoms with Crippen LogP contribution in [0.4, 0.5) is 11.4 Å². The number of benzene rings is 6. The fourth-order valence-corrected chi connectivity index (χ4v) is 8.37. The molecule has 3 heterocycles. The Morgan fingerprint density at radius 2 is 1.20 bits per heavy atom. The van der Waals surface area contributed by atoms with Crippen LogP contribution in [0.3, 0.4) is 0 Å². The molecule has 10 rings (SSSR count). The molecule has 4 aliphatic rings. The Kier molecular flexibility index (Phi) is 6.62. The zero-order valence-electron chi connectivity index (χ0n) is 27.9. The molecule has 242 valence electrons. The van der Waals surface area contributed by atoms with Gasteiger partial charge in [0.15, 0.2) is 0 Å². The molecule has 6 aromatic carbocycles. The maximum absolute atomic E-state index is 7.02. The van der Waals surface area contributed by atoms with E-state index in [2.05, 4.69) is 188 Å². The van der Waals surface area contributed by atoms with Gasteiger partial charge >= 0.3 is 0 Å². The van der Waals surface area contributed by atoms with Crippen LogP contribution < -0.4 is 14.4 Å². The number of para-hydroxylation sites is 4. The van der Waals surface area contributed by atoms with Gasteiger partial charge in [-0.2, -0.15) is 0 Å². The third kappa shape index (κ3) is 4.45. The maximum Gasteiger partial charge on any atom is 0.132 e. The Morgan fingerprint density at radius 3 is 1.96 bits per heavy atom. The molecule has 0 aromatic heterocycles. The van der Waals surface area contributed by atoms with Crippen LogP contribution in [0.25, 0.3) is 16.7 Å². The molecular formula is C48H33NO2. The second-order valence-electron chi connectivity index (χ2n) is 13.3. The predicted octanol–water partition coefficient (Wildman–Crippen LogP) is 12.1. The SMILES string of the molecule is C=C1/C=C\C(C2=CC3=C(C2)C2(c4ccccc4Oc4ccccc42)c2c(cccc2-c2ccccc2)O3)=C/N(c2ccccc2)c2ccccc21. The molecular weight excluding hydrogens is 623 g/mol. The van der Waals surface area contributed by atoms with Crippen molar-refractivity contribution >= 4 is 16.9 Å². The van der Waals surface area contributed by atoms with Crippen LogP contribution in [0.1, 0.15) is 28.7 Å². The van der Waals surface area contributed by atoms with Crippen molar-refractivity contribution < 1.29 is 9.47 Å². The molecule has 0 radical (unpaired) electrons. The van der Waals surface area contributed by atoms with E-state index in [0.717, 1.165) is 78.9 Å². The molecule has 3 nitrogen and oxygen atoms in total. The highest BCUT2D eigenvalue weighted by atomic mass is 16.5. The van der Waals surface area contributed by atoms with Crippen LogP contribution >= 0.6 is 0 Å². The van der Waals surface area contributed by atoms with Gasteiger partial charge in [0.2, 0.25) is 0 Å². The van der Waals surface area contributed by atoms with Crippen LogP contribution in [-0.4, -0.2) is 0 Å². The number of nitrogens with zero attached hydrogens (tertiary/aromatic N) is 1. The van der Waals surface area contributed by atoms with E-state index in [0.29, 0.717) is 6.42 Å². The quantitative estimate of drug-likeness (QED) is 0.189. The van der Waals surface area contributed by atoms with Crippen LogP contribution in [0, 0.1) is 0 Å². The molecule has 51 heavy (non-hydrogen) atoms. The van der Waals surface area contributed by atoms with Gasteiger partial charge in [-0.25, -0.2) is 0 Å². The molecule has 0 saturated heterocycles. The lowest BCUT2D eigenvalue weighted by molar-refractivity contribution is 0.378. The lowest BCUT2D eigenvalue weighted by atomic mass is 9.60. The van der Waals surface area contributed by atoms with Crippen LogP contribution in [0.5, 0.6) is 17.2 Å². The van der Waals surface area contributed by atoms with Gasteiger partial charge in [-0.3, -0.25) is 0 Å². The average molecular weight is 656 g/mol. The first kappa shape index (κ1) is 29.3. The summed E-state index contributed by atoms with van der Waals surface area (Å²) in [5.74, 6) is 3.46. The normalized spacial score (nSPS) is 18.0. The predicted molar refractivity (Wildman–Crippen MR) is 206 cm³/mol. The Hall–Kier alpha value is -6.58. The summed E-state index contributed by atoms with van der Waals surface area (Å²) < 4.78 is 13.7. The number of anilines is 2. The molecule has 0 N–H and O–H groups in total. The van der Waals surface area contributed by atoms with E-state index in [1.165, 1.54) is 11.1 Å². The zero-order valence-corrected chi connectivity index (χ0v) is 27.9. The second kappa shape index (κ2) is 11.5. The maximum atomic E-state index is 7.02. The Morgan fingerprint density at radius 1 is 0.569 bits per heavy atom. The van der Waals surface area contributed by atoms with E-state index in [-0.39, 0.29) is 0 Å². The van der Waals surface area contributed by atoms with Gasteiger partial charge in [0.1, 0.15) is 23.0 Å². The zero-order chi connectivity index (χ0) is 33.9. The van der Waals surface area contributed by atoms with Crippen molar-refractivity contribution in [3.63, 3.8) is 0 Å². The van der Waals surface area contributed by atoms with Gasteiger partial charge in [0, 0.05) is 34.1 Å². The van der Waals surface area contributed by atoms with Crippen molar-refractivity contribution in [2.45, 2.75) is 11.8 Å². The van der Waals surface area contributed by atoms with Crippen molar-refractivity contribution in [3.8, 4) is 28.4 Å².